The Labute approximate surface area is 215 Å². The maximum atomic E-state index is 13.4. The molecule has 1 heterocycles. The number of hydrogen-bond acceptors (Lipinski definition) is 5. The Morgan fingerprint density at radius 2 is 1.62 bits per heavy atom. The number of carbonyl (C=O) groups excluding carboxylic acids is 1. The lowest BCUT2D eigenvalue weighted by molar-refractivity contribution is -0.192. The van der Waals surface area contributed by atoms with Crippen molar-refractivity contribution in [2.75, 3.05) is 39.3 Å². The van der Waals surface area contributed by atoms with Crippen LogP contribution in [0.4, 0.5) is 13.2 Å². The Morgan fingerprint density at radius 3 is 2.16 bits per heavy atom. The highest BCUT2D eigenvalue weighted by Crippen LogP contribution is 2.20. The largest absolute Gasteiger partial charge is 0.490 e. The normalized spacial score (nSPS) is 14.2. The number of carbonyl (C=O) groups is 2. The Morgan fingerprint density at radius 1 is 1.03 bits per heavy atom. The molecule has 0 aromatic heterocycles. The molecule has 8 nitrogen and oxygen atoms in total. The number of amides is 1. The molecule has 37 heavy (non-hydrogen) atoms. The molecule has 0 spiro atoms. The van der Waals surface area contributed by atoms with Gasteiger partial charge in [-0.3, -0.25) is 4.79 Å². The fourth-order valence-corrected chi connectivity index (χ4v) is 5.09. The van der Waals surface area contributed by atoms with Crippen LogP contribution < -0.4 is 5.32 Å². The van der Waals surface area contributed by atoms with Crippen molar-refractivity contribution in [3.63, 3.8) is 0 Å². The summed E-state index contributed by atoms with van der Waals surface area (Å²) in [4.78, 5) is 23.7. The lowest BCUT2D eigenvalue weighted by Gasteiger charge is -2.30. The van der Waals surface area contributed by atoms with Crippen LogP contribution >= 0.6 is 0 Å². The number of sulfonamides is 1. The van der Waals surface area contributed by atoms with Gasteiger partial charge in [-0.15, -0.1) is 0 Å². The minimum Gasteiger partial charge on any atom is -0.475 e. The van der Waals surface area contributed by atoms with E-state index >= 15 is 0 Å². The quantitative estimate of drug-likeness (QED) is 0.530. The molecule has 1 amide bonds. The Hall–Kier alpha value is -2.96. The van der Waals surface area contributed by atoms with Crippen molar-refractivity contribution in [2.24, 2.45) is 0 Å². The second-order valence-electron chi connectivity index (χ2n) is 8.61. The van der Waals surface area contributed by atoms with Crippen molar-refractivity contribution >= 4 is 21.9 Å². The Balaban J connectivity index is 0.000000604. The lowest BCUT2D eigenvalue weighted by atomic mass is 10.1. The average Bonchev–Trinajstić information content (AvgIpc) is 2.86. The van der Waals surface area contributed by atoms with Gasteiger partial charge in [0.15, 0.2) is 0 Å². The third kappa shape index (κ3) is 9.45. The highest BCUT2D eigenvalue weighted by atomic mass is 32.2. The summed E-state index contributed by atoms with van der Waals surface area (Å²) in [5.41, 5.74) is 3.13. The number of nitrogens with zero attached hydrogens (tertiary/aromatic N) is 2. The van der Waals surface area contributed by atoms with Crippen LogP contribution in [0, 0.1) is 13.8 Å². The van der Waals surface area contributed by atoms with Gasteiger partial charge >= 0.3 is 12.1 Å². The molecule has 2 N–H and O–H groups in total. The molecule has 0 saturated carbocycles. The van der Waals surface area contributed by atoms with Gasteiger partial charge in [-0.25, -0.2) is 13.2 Å². The molecule has 0 bridgehead atoms. The van der Waals surface area contributed by atoms with E-state index in [1.165, 1.54) is 4.31 Å². The SMILES string of the molecule is Cc1ccc(S(=O)(=O)N(CCCc2ccccc2)CC(=O)N2CCNCC2)cc1C.O=C(O)C(F)(F)F. The average molecular weight is 544 g/mol. The van der Waals surface area contributed by atoms with Crippen LogP contribution in [-0.2, 0) is 26.0 Å². The molecule has 2 aromatic carbocycles. The number of aryl methyl sites for hydroxylation is 3. The fraction of sp³-hybridized carbons (Fsp3) is 0.440. The fourth-order valence-electron chi connectivity index (χ4n) is 3.58. The molecule has 3 rings (SSSR count). The van der Waals surface area contributed by atoms with E-state index in [0.717, 1.165) is 36.2 Å². The second-order valence-corrected chi connectivity index (χ2v) is 10.5. The van der Waals surface area contributed by atoms with Crippen LogP contribution in [0.5, 0.6) is 0 Å². The van der Waals surface area contributed by atoms with Crippen LogP contribution in [0.3, 0.4) is 0 Å². The van der Waals surface area contributed by atoms with Gasteiger partial charge in [0.25, 0.3) is 0 Å². The number of nitrogens with one attached hydrogen (secondary N) is 1. The first-order chi connectivity index (χ1) is 17.3. The third-order valence-corrected chi connectivity index (χ3v) is 7.70. The van der Waals surface area contributed by atoms with Crippen molar-refractivity contribution in [1.29, 1.82) is 0 Å². The van der Waals surface area contributed by atoms with Crippen LogP contribution in [0.15, 0.2) is 53.4 Å². The number of hydrogen-bond donors (Lipinski definition) is 2. The van der Waals surface area contributed by atoms with Crippen molar-refractivity contribution in [3.05, 3.63) is 65.2 Å². The minimum absolute atomic E-state index is 0.121. The van der Waals surface area contributed by atoms with Gasteiger partial charge in [-0.2, -0.15) is 17.5 Å². The summed E-state index contributed by atoms with van der Waals surface area (Å²) in [7, 11) is -3.76. The maximum absolute atomic E-state index is 13.4. The van der Waals surface area contributed by atoms with Gasteiger partial charge in [-0.05, 0) is 55.5 Å². The molecule has 0 radical (unpaired) electrons. The molecular weight excluding hydrogens is 511 g/mol. The van der Waals surface area contributed by atoms with Gasteiger partial charge < -0.3 is 15.3 Å². The molecule has 0 atom stereocenters. The van der Waals surface area contributed by atoms with Crippen molar-refractivity contribution in [3.8, 4) is 0 Å². The Bertz CT molecular complexity index is 1150. The highest BCUT2D eigenvalue weighted by Gasteiger charge is 2.38. The van der Waals surface area contributed by atoms with Crippen LogP contribution in [0.25, 0.3) is 0 Å². The highest BCUT2D eigenvalue weighted by molar-refractivity contribution is 7.89. The molecule has 0 unspecified atom stereocenters. The summed E-state index contributed by atoms with van der Waals surface area (Å²) in [5, 5.41) is 10.3. The van der Waals surface area contributed by atoms with E-state index in [-0.39, 0.29) is 17.3 Å². The van der Waals surface area contributed by atoms with E-state index < -0.39 is 22.2 Å². The van der Waals surface area contributed by atoms with E-state index in [4.69, 9.17) is 9.90 Å². The number of carboxylic acids is 1. The zero-order valence-electron chi connectivity index (χ0n) is 20.8. The molecule has 2 aromatic rings. The minimum atomic E-state index is -5.08. The third-order valence-electron chi connectivity index (χ3n) is 5.86. The summed E-state index contributed by atoms with van der Waals surface area (Å²) >= 11 is 0. The molecule has 1 aliphatic rings. The predicted octanol–water partition coefficient (Wildman–Crippen LogP) is 2.99. The second kappa shape index (κ2) is 13.5. The predicted molar refractivity (Wildman–Crippen MR) is 133 cm³/mol. The van der Waals surface area contributed by atoms with Gasteiger partial charge in [0.05, 0.1) is 11.4 Å². The summed E-state index contributed by atoms with van der Waals surface area (Å²) in [6.07, 6.45) is -3.66. The first kappa shape index (κ1) is 30.3. The summed E-state index contributed by atoms with van der Waals surface area (Å²) in [6, 6.07) is 15.2. The molecule has 12 heteroatoms. The van der Waals surface area contributed by atoms with Crippen LogP contribution in [-0.4, -0.2) is 80.1 Å². The number of carboxylic acid groups (broad SMARTS) is 1. The number of benzene rings is 2. The van der Waals surface area contributed by atoms with Gasteiger partial charge in [0, 0.05) is 32.7 Å². The van der Waals surface area contributed by atoms with Crippen LogP contribution in [0.1, 0.15) is 23.1 Å². The molecule has 204 valence electrons. The number of piperazine rings is 1. The smallest absolute Gasteiger partial charge is 0.475 e. The van der Waals surface area contributed by atoms with E-state index in [9.17, 15) is 26.4 Å². The maximum Gasteiger partial charge on any atom is 0.490 e. The summed E-state index contributed by atoms with van der Waals surface area (Å²) in [5.74, 6) is -2.89. The number of halogens is 3. The topological polar surface area (TPSA) is 107 Å². The molecule has 1 fully saturated rings. The molecule has 1 aliphatic heterocycles. The van der Waals surface area contributed by atoms with E-state index in [1.807, 2.05) is 50.2 Å². The van der Waals surface area contributed by atoms with Crippen molar-refractivity contribution in [1.82, 2.24) is 14.5 Å². The zero-order chi connectivity index (χ0) is 27.6. The molecule has 0 aliphatic carbocycles. The number of rotatable bonds is 8. The standard InChI is InChI=1S/C23H31N3O3S.C2HF3O2/c1-19-10-11-22(17-20(19)2)30(28,29)26(14-6-9-21-7-4-3-5-8-21)18-23(27)25-15-12-24-13-16-25;3-2(4,5)1(6)7/h3-5,7-8,10-11,17,24H,6,9,12-16,18H2,1-2H3;(H,6,7). The van der Waals surface area contributed by atoms with Crippen molar-refractivity contribution < 1.29 is 36.3 Å². The van der Waals surface area contributed by atoms with Crippen molar-refractivity contribution in [2.45, 2.75) is 37.8 Å². The first-order valence-electron chi connectivity index (χ1n) is 11.7. The molecular formula is C25H32F3N3O5S. The van der Waals surface area contributed by atoms with Gasteiger partial charge in [0.1, 0.15) is 0 Å². The monoisotopic (exact) mass is 543 g/mol. The summed E-state index contributed by atoms with van der Waals surface area (Å²) < 4.78 is 59.9. The van der Waals surface area contributed by atoms with Gasteiger partial charge in [0.2, 0.25) is 15.9 Å². The Kier molecular flexibility index (Phi) is 11.1. The summed E-state index contributed by atoms with van der Waals surface area (Å²) in [6.45, 7) is 6.75. The number of aliphatic carboxylic acids is 1. The zero-order valence-corrected chi connectivity index (χ0v) is 21.6. The van der Waals surface area contributed by atoms with Gasteiger partial charge in [-0.1, -0.05) is 36.4 Å². The van der Waals surface area contributed by atoms with E-state index in [1.54, 1.807) is 17.0 Å². The number of alkyl halides is 3. The lowest BCUT2D eigenvalue weighted by Crippen LogP contribution is -2.50. The van der Waals surface area contributed by atoms with E-state index in [0.29, 0.717) is 26.1 Å². The van der Waals surface area contributed by atoms with E-state index in [2.05, 4.69) is 5.32 Å². The van der Waals surface area contributed by atoms with Crippen LogP contribution in [0.2, 0.25) is 0 Å². The first-order valence-corrected chi connectivity index (χ1v) is 13.2. The molecule has 1 saturated heterocycles.